The number of carbonyl (C=O) groups excluding carboxylic acids is 15. The molecule has 656 valence electrons. The van der Waals surface area contributed by atoms with Crippen LogP contribution in [0.1, 0.15) is 124 Å². The monoisotopic (exact) mass is 1720 g/mol. The Kier molecular flexibility index (Phi) is 35.7. The van der Waals surface area contributed by atoms with Gasteiger partial charge in [0.1, 0.15) is 66.1 Å². The zero-order chi connectivity index (χ0) is 88.5. The van der Waals surface area contributed by atoms with Gasteiger partial charge in [-0.3, -0.25) is 76.7 Å². The maximum atomic E-state index is 15.1. The molecule has 41 heteroatoms. The number of aliphatic hydroxyl groups is 1. The number of H-pyrrole nitrogens is 3. The lowest BCUT2D eigenvalue weighted by molar-refractivity contribution is -0.148. The van der Waals surface area contributed by atoms with Crippen molar-refractivity contribution in [3.05, 3.63) is 90.3 Å². The number of nitrogens with zero attached hydrogens (tertiary/aromatic N) is 5. The zero-order valence-electron chi connectivity index (χ0n) is 69.0. The molecule has 39 nitrogen and oxygen atoms in total. The molecule has 0 radical (unpaired) electrons. The zero-order valence-corrected chi connectivity index (χ0v) is 70.6. The highest BCUT2D eigenvalue weighted by Crippen LogP contribution is 2.28. The lowest BCUT2D eigenvalue weighted by Crippen LogP contribution is -2.59. The van der Waals surface area contributed by atoms with Crippen molar-refractivity contribution >= 4 is 150 Å². The van der Waals surface area contributed by atoms with Crippen LogP contribution < -0.4 is 70.0 Å². The molecule has 2 fully saturated rings. The molecule has 3 aromatic heterocycles. The Labute approximate surface area is 706 Å². The molecule has 14 atom stereocenters. The normalized spacial score (nSPS) is 24.8. The fraction of sp³-hybridized carbons (Fsp3) is 0.537. The van der Waals surface area contributed by atoms with Crippen molar-refractivity contribution in [3.8, 4) is 0 Å². The number of amides is 14. The molecule has 0 unspecified atom stereocenters. The van der Waals surface area contributed by atoms with Gasteiger partial charge in [-0.05, 0) is 100 Å². The molecule has 8 rings (SSSR count). The summed E-state index contributed by atoms with van der Waals surface area (Å²) in [4.78, 5) is 251. The van der Waals surface area contributed by atoms with Crippen LogP contribution in [0.4, 0.5) is 0 Å². The number of aromatic amines is 3. The second kappa shape index (κ2) is 45.4. The fourth-order valence-electron chi connectivity index (χ4n) is 14.4. The van der Waals surface area contributed by atoms with E-state index in [1.165, 1.54) is 43.2 Å². The summed E-state index contributed by atoms with van der Waals surface area (Å²) >= 11 is 0. The van der Waals surface area contributed by atoms with Gasteiger partial charge < -0.3 is 105 Å². The number of imidazole rings is 1. The van der Waals surface area contributed by atoms with Crippen LogP contribution >= 0.6 is 21.6 Å². The van der Waals surface area contributed by atoms with Crippen molar-refractivity contribution in [1.82, 2.24) is 88.2 Å². The summed E-state index contributed by atoms with van der Waals surface area (Å²) in [5.74, 6) is -15.8. The summed E-state index contributed by atoms with van der Waals surface area (Å²) in [6.45, 7) is 11.9. The number of carbonyl (C=O) groups is 16. The Balaban J connectivity index is 1.15. The first-order valence-electron chi connectivity index (χ1n) is 40.2. The number of primary amides is 1. The molecule has 6 heterocycles. The number of aliphatic hydroxyl groups excluding tert-OH is 1. The number of hydrogen-bond donors (Lipinski definition) is 18. The van der Waals surface area contributed by atoms with E-state index in [1.54, 1.807) is 102 Å². The molecule has 0 saturated carbocycles. The number of hydrogen-bond acceptors (Lipinski definition) is 23. The van der Waals surface area contributed by atoms with Gasteiger partial charge in [0.2, 0.25) is 65.0 Å². The number of carboxylic acids is 1. The molecule has 3 aliphatic heterocycles. The SMILES string of the molecule is CN[C@H](C(=O)N1CCC[C@@H]1C(=O)N1C[C@@H](N)C[C@H]1C(=O)N[C@@H](CC(N)=O)C(=O)N[C@@H]1CN[C@@H](C)C(=O)N[C@@H](Cc2c[nH]c3ccccc23)C(=O)N[C@@H](Cc2cnc[nH]2)C(=O)/N=C(\CC(C)C)C(=O)NCC(=O)N[C@@H](CCC(=O)O)C(=O)N[C@@H](CC(C)C)C(=O)N[C@@H](C(C)C)C(=O)N[C@@H](Cc2c[nH]c3ccccc23)C(=O)/N=C(\C=O)CSSC1)[C@@H](C)O. The number of fused-ring (bicyclic) bond motifs is 2. The van der Waals surface area contributed by atoms with E-state index in [1.807, 2.05) is 0 Å². The molecular formula is C80H111N21O18S2. The Bertz CT molecular complexity index is 4620. The highest BCUT2D eigenvalue weighted by Gasteiger charge is 2.47. The minimum absolute atomic E-state index is 0.0612. The average molecular weight is 1720 g/mol. The number of rotatable bonds is 25. The lowest BCUT2D eigenvalue weighted by atomic mass is 9.98. The summed E-state index contributed by atoms with van der Waals surface area (Å²) in [6.07, 6.45) is 2.83. The predicted molar refractivity (Wildman–Crippen MR) is 450 cm³/mol. The number of nitrogens with one attached hydrogen (secondary N) is 14. The van der Waals surface area contributed by atoms with E-state index in [0.717, 1.165) is 21.6 Å². The van der Waals surface area contributed by atoms with Crippen LogP contribution in [0.3, 0.4) is 0 Å². The number of para-hydroxylation sites is 2. The summed E-state index contributed by atoms with van der Waals surface area (Å²) in [6, 6.07) is -3.13. The molecule has 0 aliphatic carbocycles. The Morgan fingerprint density at radius 2 is 1.32 bits per heavy atom. The number of nitrogens with two attached hydrogens (primary N) is 2. The standard InChI is InChI=1S/C80H111N21O18S2/c1-40(2)23-56-70(109)88-34-65(105)92-55(20-21-66(106)107)71(110)95-57(24-41(3)4)76(115)99-67(42(5)6)78(117)98-58(25-45-30-86-53-17-12-10-15-51(45)53)72(111)91-50(36-102)38-121-120-37-49(90-73(112)61(29-64(82)104)97-77(116)63-27-47(81)35-101(63)79(118)62-19-14-22-100(62)80(119)68(83-9)44(8)103)33-85-43(7)69(108)93-59(26-46-31-87-54-18-13-11-16-52(46)54)74(113)96-60(75(114)94-56)28-48-32-84-39-89-48/h10-13,15-18,30-32,36,39-44,47,49,55,57-63,67-68,83,85-87,103H,14,19-29,33-35,37-38,81H2,1-9H3,(H2,82,104)(H,84,89)(H,88,109)(H,90,112)(H,92,105)(H,93,108)(H,95,110)(H,96,113)(H,97,116)(H,98,117)(H,99,115)(H,106,107)/b91-50+,94-56+/t43-,44+,47-,49+,55-,57-,58-,59-,60-,61-,62+,63-,67-,68-/m0/s1. The number of likely N-dealkylation sites (tertiary alicyclic amines) is 2. The summed E-state index contributed by atoms with van der Waals surface area (Å²) in [7, 11) is 3.50. The van der Waals surface area contributed by atoms with E-state index in [0.29, 0.717) is 51.3 Å². The molecule has 3 aliphatic rings. The van der Waals surface area contributed by atoms with Gasteiger partial charge in [0, 0.05) is 109 Å². The summed E-state index contributed by atoms with van der Waals surface area (Å²) in [5, 5.41) is 51.2. The second-order valence-electron chi connectivity index (χ2n) is 31.6. The molecule has 14 amide bonds. The molecule has 0 spiro atoms. The number of benzene rings is 2. The molecule has 0 bridgehead atoms. The Hall–Kier alpha value is -11.3. The molecule has 2 aromatic carbocycles. The number of aldehydes is 1. The molecule has 20 N–H and O–H groups in total. The van der Waals surface area contributed by atoms with E-state index in [9.17, 15) is 82.1 Å². The van der Waals surface area contributed by atoms with Crippen LogP contribution in [0.5, 0.6) is 0 Å². The van der Waals surface area contributed by atoms with Crippen LogP contribution in [0.25, 0.3) is 21.8 Å². The largest absolute Gasteiger partial charge is 0.481 e. The van der Waals surface area contributed by atoms with Gasteiger partial charge >= 0.3 is 5.97 Å². The lowest BCUT2D eigenvalue weighted by Gasteiger charge is -2.33. The highest BCUT2D eigenvalue weighted by atomic mass is 33.1. The van der Waals surface area contributed by atoms with Crippen molar-refractivity contribution in [2.24, 2.45) is 39.2 Å². The van der Waals surface area contributed by atoms with Gasteiger partial charge in [-0.2, -0.15) is 0 Å². The third-order valence-electron chi connectivity index (χ3n) is 20.6. The van der Waals surface area contributed by atoms with Crippen molar-refractivity contribution in [2.45, 2.75) is 211 Å². The topological polar surface area (TPSA) is 589 Å². The smallest absolute Gasteiger partial charge is 0.303 e. The van der Waals surface area contributed by atoms with Crippen molar-refractivity contribution < 1.29 is 86.9 Å². The van der Waals surface area contributed by atoms with Gasteiger partial charge in [-0.15, -0.1) is 0 Å². The first kappa shape index (κ1) is 95.2. The van der Waals surface area contributed by atoms with Gasteiger partial charge in [0.25, 0.3) is 17.7 Å². The highest BCUT2D eigenvalue weighted by molar-refractivity contribution is 8.76. The molecule has 2 saturated heterocycles. The van der Waals surface area contributed by atoms with Gasteiger partial charge in [0.15, 0.2) is 6.29 Å². The Morgan fingerprint density at radius 3 is 1.93 bits per heavy atom. The van der Waals surface area contributed by atoms with Crippen LogP contribution in [0.2, 0.25) is 0 Å². The van der Waals surface area contributed by atoms with Crippen molar-refractivity contribution in [2.75, 3.05) is 44.7 Å². The van der Waals surface area contributed by atoms with Gasteiger partial charge in [0.05, 0.1) is 43.2 Å². The number of aliphatic carboxylic acids is 1. The quantitative estimate of drug-likeness (QED) is 0.0228. The predicted octanol–water partition coefficient (Wildman–Crippen LogP) is -1.72. The third-order valence-corrected chi connectivity index (χ3v) is 23.0. The van der Waals surface area contributed by atoms with Crippen LogP contribution in [-0.2, 0) is 96.0 Å². The van der Waals surface area contributed by atoms with E-state index < -0.39 is 211 Å². The fourth-order valence-corrected chi connectivity index (χ4v) is 16.6. The van der Waals surface area contributed by atoms with Crippen LogP contribution in [-0.4, -0.2) is 276 Å². The number of aromatic nitrogens is 4. The number of carboxylic acid groups (broad SMARTS) is 1. The average Bonchev–Trinajstić information content (AvgIpc) is 1.65. The van der Waals surface area contributed by atoms with Crippen LogP contribution in [0, 0.1) is 17.8 Å². The first-order valence-corrected chi connectivity index (χ1v) is 42.7. The van der Waals surface area contributed by atoms with E-state index in [-0.39, 0.29) is 93.6 Å². The van der Waals surface area contributed by atoms with E-state index in [2.05, 4.69) is 88.4 Å². The molecular weight excluding hydrogens is 1610 g/mol. The maximum Gasteiger partial charge on any atom is 0.303 e. The van der Waals surface area contributed by atoms with Gasteiger partial charge in [-0.1, -0.05) is 99.5 Å². The minimum Gasteiger partial charge on any atom is -0.481 e. The van der Waals surface area contributed by atoms with Crippen LogP contribution in [0.15, 0.2) is 83.4 Å². The second-order valence-corrected chi connectivity index (χ2v) is 34.1. The van der Waals surface area contributed by atoms with Gasteiger partial charge in [-0.25, -0.2) is 15.0 Å². The van der Waals surface area contributed by atoms with Crippen molar-refractivity contribution in [3.63, 3.8) is 0 Å². The number of aliphatic imine (C=N–C) groups is 2. The molecule has 5 aromatic rings. The van der Waals surface area contributed by atoms with Crippen molar-refractivity contribution in [1.29, 1.82) is 0 Å². The minimum atomic E-state index is -1.72. The first-order chi connectivity index (χ1) is 57.5. The van der Waals surface area contributed by atoms with E-state index >= 15 is 4.79 Å². The number of likely N-dealkylation sites (N-methyl/N-ethyl adjacent to an activating group) is 1. The Morgan fingerprint density at radius 1 is 0.711 bits per heavy atom. The summed E-state index contributed by atoms with van der Waals surface area (Å²) < 4.78 is 0. The third kappa shape index (κ3) is 27.6. The molecule has 121 heavy (non-hydrogen) atoms. The summed E-state index contributed by atoms with van der Waals surface area (Å²) in [5.41, 5.74) is 14.2. The van der Waals surface area contributed by atoms with E-state index in [4.69, 9.17) is 11.5 Å². The maximum absolute atomic E-state index is 15.1.